The Morgan fingerprint density at radius 1 is 1.23 bits per heavy atom. The fourth-order valence-electron chi connectivity index (χ4n) is 2.35. The third kappa shape index (κ3) is 4.79. The second kappa shape index (κ2) is 9.13. The van der Waals surface area contributed by atoms with E-state index in [0.29, 0.717) is 6.54 Å². The van der Waals surface area contributed by atoms with Gasteiger partial charge in [0.05, 0.1) is 6.54 Å². The van der Waals surface area contributed by atoms with Crippen molar-refractivity contribution in [1.82, 2.24) is 15.2 Å². The molecule has 22 heavy (non-hydrogen) atoms. The first kappa shape index (κ1) is 18.1. The monoisotopic (exact) mass is 303 g/mol. The molecular weight excluding hydrogens is 274 g/mol. The largest absolute Gasteiger partial charge is 0.357 e. The molecule has 1 aromatic carbocycles. The number of carbonyl (C=O) groups excluding carboxylic acids is 1. The third-order valence-corrected chi connectivity index (χ3v) is 3.43. The Morgan fingerprint density at radius 3 is 2.59 bits per heavy atom. The molecule has 0 saturated carbocycles. The van der Waals surface area contributed by atoms with Crippen molar-refractivity contribution < 1.29 is 4.79 Å². The van der Waals surface area contributed by atoms with Gasteiger partial charge in [0.25, 0.3) is 0 Å². The second-order valence-electron chi connectivity index (χ2n) is 5.12. The Bertz CT molecular complexity index is 589. The highest BCUT2D eigenvalue weighted by Gasteiger charge is 2.10. The van der Waals surface area contributed by atoms with Crippen molar-refractivity contribution in [3.05, 3.63) is 35.5 Å². The average Bonchev–Trinajstić information content (AvgIpc) is 2.94. The van der Waals surface area contributed by atoms with E-state index in [1.165, 1.54) is 10.9 Å². The van der Waals surface area contributed by atoms with Gasteiger partial charge in [-0.25, -0.2) is 4.79 Å². The van der Waals surface area contributed by atoms with Crippen LogP contribution in [0.25, 0.3) is 10.9 Å². The normalized spacial score (nSPS) is 10.0. The smallest absolute Gasteiger partial charge is 0.317 e. The van der Waals surface area contributed by atoms with Gasteiger partial charge < -0.3 is 15.2 Å². The number of urea groups is 1. The number of fused-ring (bicyclic) bond motifs is 1. The molecule has 2 amide bonds. The lowest BCUT2D eigenvalue weighted by molar-refractivity contribution is 0.200. The third-order valence-electron chi connectivity index (χ3n) is 3.43. The summed E-state index contributed by atoms with van der Waals surface area (Å²) in [5, 5.41) is 4.15. The summed E-state index contributed by atoms with van der Waals surface area (Å²) in [6, 6.07) is 8.41. The zero-order valence-corrected chi connectivity index (χ0v) is 14.5. The van der Waals surface area contributed by atoms with E-state index in [1.807, 2.05) is 25.7 Å². The number of benzene rings is 1. The highest BCUT2D eigenvalue weighted by molar-refractivity contribution is 5.81. The van der Waals surface area contributed by atoms with E-state index in [1.54, 1.807) is 0 Å². The predicted octanol–water partition coefficient (Wildman–Crippen LogP) is 4.44. The highest BCUT2D eigenvalue weighted by atomic mass is 16.2. The van der Waals surface area contributed by atoms with E-state index in [4.69, 9.17) is 0 Å². The van der Waals surface area contributed by atoms with E-state index in [-0.39, 0.29) is 6.03 Å². The summed E-state index contributed by atoms with van der Waals surface area (Å²) in [6.07, 6.45) is 0.979. The van der Waals surface area contributed by atoms with Crippen LogP contribution in [0.5, 0.6) is 0 Å². The average molecular weight is 303 g/mol. The molecule has 0 aliphatic rings. The van der Waals surface area contributed by atoms with Crippen LogP contribution in [-0.2, 0) is 6.54 Å². The summed E-state index contributed by atoms with van der Waals surface area (Å²) in [5.74, 6) is 0. The molecule has 2 aromatic rings. The van der Waals surface area contributed by atoms with Gasteiger partial charge in [-0.3, -0.25) is 0 Å². The fraction of sp³-hybridized carbons (Fsp3) is 0.500. The van der Waals surface area contributed by atoms with E-state index in [0.717, 1.165) is 30.7 Å². The first-order chi connectivity index (χ1) is 10.6. The minimum Gasteiger partial charge on any atom is -0.357 e. The van der Waals surface area contributed by atoms with Gasteiger partial charge in [-0.2, -0.15) is 0 Å². The van der Waals surface area contributed by atoms with E-state index in [2.05, 4.69) is 48.4 Å². The molecule has 0 spiro atoms. The molecule has 1 aromatic heterocycles. The van der Waals surface area contributed by atoms with Crippen molar-refractivity contribution in [3.63, 3.8) is 0 Å². The molecule has 122 valence electrons. The summed E-state index contributed by atoms with van der Waals surface area (Å²) in [7, 11) is 0. The summed E-state index contributed by atoms with van der Waals surface area (Å²) >= 11 is 0. The van der Waals surface area contributed by atoms with Crippen molar-refractivity contribution in [2.75, 3.05) is 13.1 Å². The van der Waals surface area contributed by atoms with Gasteiger partial charge in [0.15, 0.2) is 0 Å². The topological polar surface area (TPSA) is 48.1 Å². The minimum atomic E-state index is 0.00388. The van der Waals surface area contributed by atoms with Crippen LogP contribution in [0, 0.1) is 6.92 Å². The number of nitrogens with zero attached hydrogens (tertiary/aromatic N) is 1. The quantitative estimate of drug-likeness (QED) is 0.842. The van der Waals surface area contributed by atoms with Crippen LogP contribution in [0.1, 0.15) is 45.4 Å². The molecule has 0 saturated heterocycles. The summed E-state index contributed by atoms with van der Waals surface area (Å²) in [5.41, 5.74) is 3.39. The molecular formula is C18H29N3O. The standard InChI is InChI=1S/C16H23N3O.C2H6/c1-4-8-19(5-2)16(20)17-11-14-10-13-7-6-12(3)9-15(13)18-14;1-2/h6-7,9-10,18H,4-5,8,11H2,1-3H3,(H,17,20);1-2H3. The summed E-state index contributed by atoms with van der Waals surface area (Å²) < 4.78 is 0. The van der Waals surface area contributed by atoms with Gasteiger partial charge in [-0.05, 0) is 43.4 Å². The van der Waals surface area contributed by atoms with Crippen molar-refractivity contribution in [3.8, 4) is 0 Å². The molecule has 0 radical (unpaired) electrons. The molecule has 0 bridgehead atoms. The molecule has 0 atom stereocenters. The number of carbonyl (C=O) groups is 1. The van der Waals surface area contributed by atoms with E-state index < -0.39 is 0 Å². The van der Waals surface area contributed by atoms with Crippen molar-refractivity contribution in [2.24, 2.45) is 0 Å². The molecule has 2 rings (SSSR count). The van der Waals surface area contributed by atoms with Crippen LogP contribution in [0.15, 0.2) is 24.3 Å². The van der Waals surface area contributed by atoms with Gasteiger partial charge in [0, 0.05) is 24.3 Å². The van der Waals surface area contributed by atoms with Crippen LogP contribution in [0.4, 0.5) is 4.79 Å². The summed E-state index contributed by atoms with van der Waals surface area (Å²) in [4.78, 5) is 17.2. The molecule has 0 unspecified atom stereocenters. The molecule has 4 nitrogen and oxygen atoms in total. The number of nitrogens with one attached hydrogen (secondary N) is 2. The maximum atomic E-state index is 12.0. The number of amides is 2. The Labute approximate surface area is 133 Å². The van der Waals surface area contributed by atoms with Crippen LogP contribution < -0.4 is 5.32 Å². The molecule has 0 fully saturated rings. The number of aryl methyl sites for hydroxylation is 1. The lowest BCUT2D eigenvalue weighted by Gasteiger charge is -2.20. The number of aromatic nitrogens is 1. The second-order valence-corrected chi connectivity index (χ2v) is 5.12. The van der Waals surface area contributed by atoms with Crippen LogP contribution in [0.2, 0.25) is 0 Å². The molecule has 0 aliphatic carbocycles. The zero-order chi connectivity index (χ0) is 16.5. The zero-order valence-electron chi connectivity index (χ0n) is 14.5. The van der Waals surface area contributed by atoms with Crippen LogP contribution >= 0.6 is 0 Å². The highest BCUT2D eigenvalue weighted by Crippen LogP contribution is 2.16. The maximum absolute atomic E-state index is 12.0. The Kier molecular flexibility index (Phi) is 7.50. The first-order valence-corrected chi connectivity index (χ1v) is 8.25. The van der Waals surface area contributed by atoms with Gasteiger partial charge >= 0.3 is 6.03 Å². The van der Waals surface area contributed by atoms with Crippen LogP contribution in [-0.4, -0.2) is 29.0 Å². The van der Waals surface area contributed by atoms with Crippen molar-refractivity contribution in [1.29, 1.82) is 0 Å². The Hall–Kier alpha value is -1.97. The summed E-state index contributed by atoms with van der Waals surface area (Å²) in [6.45, 7) is 12.2. The van der Waals surface area contributed by atoms with Gasteiger partial charge in [0.1, 0.15) is 0 Å². The number of H-pyrrole nitrogens is 1. The lowest BCUT2D eigenvalue weighted by Crippen LogP contribution is -2.39. The molecule has 2 N–H and O–H groups in total. The maximum Gasteiger partial charge on any atom is 0.317 e. The van der Waals surface area contributed by atoms with Gasteiger partial charge in [0.2, 0.25) is 0 Å². The predicted molar refractivity (Wildman–Crippen MR) is 94.2 cm³/mol. The minimum absolute atomic E-state index is 0.00388. The molecule has 1 heterocycles. The SMILES string of the molecule is CC.CCCN(CC)C(=O)NCc1cc2ccc(C)cc2[nH]1. The van der Waals surface area contributed by atoms with Gasteiger partial charge in [-0.15, -0.1) is 0 Å². The number of hydrogen-bond donors (Lipinski definition) is 2. The first-order valence-electron chi connectivity index (χ1n) is 8.25. The molecule has 0 aliphatic heterocycles. The van der Waals surface area contributed by atoms with Crippen molar-refractivity contribution in [2.45, 2.75) is 47.6 Å². The number of aromatic amines is 1. The molecule has 4 heteroatoms. The van der Waals surface area contributed by atoms with E-state index >= 15 is 0 Å². The van der Waals surface area contributed by atoms with E-state index in [9.17, 15) is 4.79 Å². The Morgan fingerprint density at radius 2 is 1.95 bits per heavy atom. The van der Waals surface area contributed by atoms with Gasteiger partial charge in [-0.1, -0.05) is 32.9 Å². The number of rotatable bonds is 5. The van der Waals surface area contributed by atoms with Crippen molar-refractivity contribution >= 4 is 16.9 Å². The fourth-order valence-corrected chi connectivity index (χ4v) is 2.35. The number of hydrogen-bond acceptors (Lipinski definition) is 1. The Balaban J connectivity index is 0.00000116. The lowest BCUT2D eigenvalue weighted by atomic mass is 10.2. The van der Waals surface area contributed by atoms with Crippen LogP contribution in [0.3, 0.4) is 0 Å².